The molecule has 2 amide bonds. The highest BCUT2D eigenvalue weighted by molar-refractivity contribution is 6.32. The number of likely N-dealkylation sites (tertiary alicyclic amines) is 1. The maximum absolute atomic E-state index is 13.1. The molecule has 30 heavy (non-hydrogen) atoms. The Bertz CT molecular complexity index is 789. The first-order chi connectivity index (χ1) is 14.2. The molecule has 0 aromatic heterocycles. The lowest BCUT2D eigenvalue weighted by Gasteiger charge is -2.46. The third-order valence-corrected chi connectivity index (χ3v) is 6.34. The van der Waals surface area contributed by atoms with Gasteiger partial charge in [-0.1, -0.05) is 12.1 Å². The smallest absolute Gasteiger partial charge is 0.397 e. The quantitative estimate of drug-likeness (QED) is 0.504. The molecule has 1 atom stereocenters. The van der Waals surface area contributed by atoms with E-state index in [1.807, 2.05) is 13.8 Å². The zero-order valence-corrected chi connectivity index (χ0v) is 18.0. The van der Waals surface area contributed by atoms with Crippen molar-refractivity contribution in [1.29, 1.82) is 0 Å². The number of hydrogen-bond acceptors (Lipinski definition) is 4. The van der Waals surface area contributed by atoms with Crippen molar-refractivity contribution in [3.8, 4) is 0 Å². The van der Waals surface area contributed by atoms with Gasteiger partial charge in [-0.25, -0.2) is 9.18 Å². The predicted molar refractivity (Wildman–Crippen MR) is 110 cm³/mol. The summed E-state index contributed by atoms with van der Waals surface area (Å²) in [6.07, 6.45) is 3.15. The van der Waals surface area contributed by atoms with Gasteiger partial charge >= 0.3 is 11.9 Å². The van der Waals surface area contributed by atoms with Gasteiger partial charge in [0.1, 0.15) is 5.82 Å². The van der Waals surface area contributed by atoms with Crippen LogP contribution in [0.1, 0.15) is 52.0 Å². The highest BCUT2D eigenvalue weighted by Gasteiger charge is 2.45. The second kappa shape index (κ2) is 9.14. The molecule has 0 N–H and O–H groups in total. The van der Waals surface area contributed by atoms with Gasteiger partial charge in [0.25, 0.3) is 0 Å². The molecule has 1 heterocycles. The van der Waals surface area contributed by atoms with Crippen LogP contribution in [0.15, 0.2) is 24.3 Å². The fraction of sp³-hybridized carbons (Fsp3) is 0.609. The summed E-state index contributed by atoms with van der Waals surface area (Å²) in [5.41, 5.74) is 0.250. The number of benzene rings is 1. The molecular weight excluding hydrogens is 387 g/mol. The van der Waals surface area contributed by atoms with Crippen LogP contribution in [0.2, 0.25) is 0 Å². The fourth-order valence-electron chi connectivity index (χ4n) is 4.12. The summed E-state index contributed by atoms with van der Waals surface area (Å²) in [5.74, 6) is -1.36. The van der Waals surface area contributed by atoms with Crippen molar-refractivity contribution in [2.24, 2.45) is 11.8 Å². The first-order valence-corrected chi connectivity index (χ1v) is 10.7. The average Bonchev–Trinajstić information content (AvgIpc) is 3.53. The van der Waals surface area contributed by atoms with Gasteiger partial charge < -0.3 is 14.5 Å². The van der Waals surface area contributed by atoms with E-state index >= 15 is 0 Å². The van der Waals surface area contributed by atoms with E-state index in [0.717, 1.165) is 24.8 Å². The molecule has 0 spiro atoms. The molecule has 6 nitrogen and oxygen atoms in total. The number of esters is 1. The summed E-state index contributed by atoms with van der Waals surface area (Å²) in [6, 6.07) is 6.17. The lowest BCUT2D eigenvalue weighted by Crippen LogP contribution is -2.58. The Morgan fingerprint density at radius 2 is 1.87 bits per heavy atom. The Kier molecular flexibility index (Phi) is 6.78. The molecular formula is C23H31FN2O4. The molecule has 1 aliphatic carbocycles. The van der Waals surface area contributed by atoms with Crippen molar-refractivity contribution in [2.75, 3.05) is 19.7 Å². The largest absolute Gasteiger partial charge is 0.459 e. The molecule has 1 unspecified atom stereocenters. The monoisotopic (exact) mass is 418 g/mol. The molecule has 1 aromatic rings. The van der Waals surface area contributed by atoms with E-state index in [9.17, 15) is 18.8 Å². The summed E-state index contributed by atoms with van der Waals surface area (Å²) in [4.78, 5) is 41.2. The van der Waals surface area contributed by atoms with E-state index in [-0.39, 0.29) is 24.2 Å². The van der Waals surface area contributed by atoms with Gasteiger partial charge in [-0.2, -0.15) is 0 Å². The number of amides is 2. The molecule has 7 heteroatoms. The lowest BCUT2D eigenvalue weighted by molar-refractivity contribution is -0.165. The highest BCUT2D eigenvalue weighted by Crippen LogP contribution is 2.38. The standard InChI is InChI=1S/C23H31FN2O4/c1-4-30-22(29)21(28)26(15-17-5-6-17)23(2,3)18-11-12-25(20(27)13-18)14-16-7-9-19(24)10-8-16/h7-10,17-18H,4-6,11-15H2,1-3H3. The van der Waals surface area contributed by atoms with Crippen molar-refractivity contribution >= 4 is 17.8 Å². The second-order valence-electron chi connectivity index (χ2n) is 8.86. The Morgan fingerprint density at radius 3 is 2.43 bits per heavy atom. The van der Waals surface area contributed by atoms with Crippen LogP contribution < -0.4 is 0 Å². The Morgan fingerprint density at radius 1 is 1.20 bits per heavy atom. The van der Waals surface area contributed by atoms with Crippen LogP contribution in [0, 0.1) is 17.7 Å². The fourth-order valence-corrected chi connectivity index (χ4v) is 4.12. The van der Waals surface area contributed by atoms with Crippen molar-refractivity contribution in [1.82, 2.24) is 9.80 Å². The Balaban J connectivity index is 1.68. The van der Waals surface area contributed by atoms with E-state index < -0.39 is 17.4 Å². The van der Waals surface area contributed by atoms with E-state index in [4.69, 9.17) is 4.74 Å². The zero-order valence-electron chi connectivity index (χ0n) is 18.0. The van der Waals surface area contributed by atoms with Crippen LogP contribution >= 0.6 is 0 Å². The average molecular weight is 419 g/mol. The highest BCUT2D eigenvalue weighted by atomic mass is 19.1. The van der Waals surface area contributed by atoms with Crippen molar-refractivity contribution < 1.29 is 23.5 Å². The molecule has 1 aliphatic heterocycles. The van der Waals surface area contributed by atoms with Gasteiger partial charge in [0.05, 0.1) is 6.61 Å². The minimum Gasteiger partial charge on any atom is -0.459 e. The molecule has 1 saturated carbocycles. The van der Waals surface area contributed by atoms with Crippen molar-refractivity contribution in [2.45, 2.75) is 58.5 Å². The molecule has 0 bridgehead atoms. The number of hydrogen-bond donors (Lipinski definition) is 0. The first-order valence-electron chi connectivity index (χ1n) is 10.7. The molecule has 1 saturated heterocycles. The van der Waals surface area contributed by atoms with Crippen LogP contribution in [0.25, 0.3) is 0 Å². The molecule has 3 rings (SSSR count). The molecule has 2 fully saturated rings. The summed E-state index contributed by atoms with van der Waals surface area (Å²) in [7, 11) is 0. The number of rotatable bonds is 7. The summed E-state index contributed by atoms with van der Waals surface area (Å²) in [5, 5.41) is 0. The molecule has 164 valence electrons. The Hall–Kier alpha value is -2.44. The second-order valence-corrected chi connectivity index (χ2v) is 8.86. The molecule has 0 radical (unpaired) electrons. The zero-order chi connectivity index (χ0) is 21.9. The third kappa shape index (κ3) is 5.18. The van der Waals surface area contributed by atoms with Crippen molar-refractivity contribution in [3.63, 3.8) is 0 Å². The van der Waals surface area contributed by atoms with E-state index in [2.05, 4.69) is 0 Å². The van der Waals surface area contributed by atoms with Gasteiger partial charge in [-0.3, -0.25) is 9.59 Å². The third-order valence-electron chi connectivity index (χ3n) is 6.34. The van der Waals surface area contributed by atoms with Crippen LogP contribution in [-0.2, 0) is 25.7 Å². The van der Waals surface area contributed by atoms with Gasteiger partial charge in [0, 0.05) is 31.6 Å². The maximum atomic E-state index is 13.1. The van der Waals surface area contributed by atoms with Gasteiger partial charge in [-0.05, 0) is 69.6 Å². The first kappa shape index (κ1) is 22.2. The summed E-state index contributed by atoms with van der Waals surface area (Å²) in [6.45, 7) is 7.25. The minimum atomic E-state index is -0.828. The van der Waals surface area contributed by atoms with E-state index in [1.54, 1.807) is 28.9 Å². The molecule has 2 aliphatic rings. The van der Waals surface area contributed by atoms with E-state index in [1.165, 1.54) is 12.1 Å². The van der Waals surface area contributed by atoms with Crippen LogP contribution in [0.5, 0.6) is 0 Å². The number of halogens is 1. The summed E-state index contributed by atoms with van der Waals surface area (Å²) >= 11 is 0. The lowest BCUT2D eigenvalue weighted by atomic mass is 9.78. The topological polar surface area (TPSA) is 66.9 Å². The maximum Gasteiger partial charge on any atom is 0.397 e. The minimum absolute atomic E-state index is 0.0126. The van der Waals surface area contributed by atoms with Crippen molar-refractivity contribution in [3.05, 3.63) is 35.6 Å². The number of carbonyl (C=O) groups excluding carboxylic acids is 3. The number of ether oxygens (including phenoxy) is 1. The number of piperidine rings is 1. The molecule has 1 aromatic carbocycles. The predicted octanol–water partition coefficient (Wildman–Crippen LogP) is 3.14. The van der Waals surface area contributed by atoms with Gasteiger partial charge in [-0.15, -0.1) is 0 Å². The Labute approximate surface area is 177 Å². The van der Waals surface area contributed by atoms with Gasteiger partial charge in [0.2, 0.25) is 5.91 Å². The van der Waals surface area contributed by atoms with Crippen LogP contribution in [0.3, 0.4) is 0 Å². The number of nitrogens with zero attached hydrogens (tertiary/aromatic N) is 2. The number of carbonyl (C=O) groups is 3. The summed E-state index contributed by atoms with van der Waals surface area (Å²) < 4.78 is 18.1. The van der Waals surface area contributed by atoms with Crippen LogP contribution in [-0.4, -0.2) is 52.8 Å². The normalized spacial score (nSPS) is 19.5. The van der Waals surface area contributed by atoms with Crippen LogP contribution in [0.4, 0.5) is 4.39 Å². The van der Waals surface area contributed by atoms with E-state index in [0.29, 0.717) is 32.0 Å². The van der Waals surface area contributed by atoms with Gasteiger partial charge in [0.15, 0.2) is 0 Å². The SMILES string of the molecule is CCOC(=O)C(=O)N(CC1CC1)C(C)(C)C1CCN(Cc2ccc(F)cc2)C(=O)C1.